The standard InChI is InChI=1S/C14H17N5O2/c15-13(21)10-4-2-8-19(10)12(20)6-5-11-17-9-3-1-7-16-14(9)18-11/h1,3,7,10H,2,4-6,8H2,(H2,15,21)(H,16,17,18). The summed E-state index contributed by atoms with van der Waals surface area (Å²) in [5.41, 5.74) is 6.83. The number of pyridine rings is 1. The first-order valence-corrected chi connectivity index (χ1v) is 7.03. The lowest BCUT2D eigenvalue weighted by Gasteiger charge is -2.21. The lowest BCUT2D eigenvalue weighted by atomic mass is 10.2. The minimum atomic E-state index is -0.449. The van der Waals surface area contributed by atoms with Crippen LogP contribution in [-0.2, 0) is 16.0 Å². The van der Waals surface area contributed by atoms with Crippen LogP contribution in [0.5, 0.6) is 0 Å². The van der Waals surface area contributed by atoms with E-state index in [0.29, 0.717) is 31.5 Å². The molecule has 1 saturated heterocycles. The van der Waals surface area contributed by atoms with Crippen molar-refractivity contribution in [3.63, 3.8) is 0 Å². The van der Waals surface area contributed by atoms with Gasteiger partial charge in [-0.3, -0.25) is 9.59 Å². The van der Waals surface area contributed by atoms with Gasteiger partial charge in [0.25, 0.3) is 0 Å². The summed E-state index contributed by atoms with van der Waals surface area (Å²) in [5.74, 6) is 0.255. The van der Waals surface area contributed by atoms with Crippen LogP contribution in [0.2, 0.25) is 0 Å². The summed E-state index contributed by atoms with van der Waals surface area (Å²) in [5, 5.41) is 0. The topological polar surface area (TPSA) is 105 Å². The van der Waals surface area contributed by atoms with E-state index in [1.807, 2.05) is 12.1 Å². The first-order chi connectivity index (χ1) is 10.1. The summed E-state index contributed by atoms with van der Waals surface area (Å²) in [7, 11) is 0. The van der Waals surface area contributed by atoms with Crippen molar-refractivity contribution in [1.29, 1.82) is 0 Å². The minimum absolute atomic E-state index is 0.0512. The first-order valence-electron chi connectivity index (χ1n) is 7.03. The number of H-pyrrole nitrogens is 1. The maximum atomic E-state index is 12.2. The summed E-state index contributed by atoms with van der Waals surface area (Å²) < 4.78 is 0. The molecule has 1 atom stereocenters. The van der Waals surface area contributed by atoms with Gasteiger partial charge in [0, 0.05) is 25.6 Å². The zero-order valence-corrected chi connectivity index (χ0v) is 11.6. The third-order valence-corrected chi connectivity index (χ3v) is 3.78. The Morgan fingerprint density at radius 2 is 2.33 bits per heavy atom. The Morgan fingerprint density at radius 1 is 1.48 bits per heavy atom. The number of aromatic amines is 1. The van der Waals surface area contributed by atoms with E-state index in [1.54, 1.807) is 11.1 Å². The lowest BCUT2D eigenvalue weighted by Crippen LogP contribution is -2.43. The van der Waals surface area contributed by atoms with Crippen molar-refractivity contribution >= 4 is 23.0 Å². The Kier molecular flexibility index (Phi) is 3.55. The molecule has 0 bridgehead atoms. The van der Waals surface area contributed by atoms with Crippen LogP contribution in [0, 0.1) is 0 Å². The molecule has 2 aromatic heterocycles. The molecule has 110 valence electrons. The molecule has 3 rings (SSSR count). The van der Waals surface area contributed by atoms with Crippen molar-refractivity contribution in [1.82, 2.24) is 19.9 Å². The molecule has 7 heteroatoms. The van der Waals surface area contributed by atoms with Crippen LogP contribution in [0.25, 0.3) is 11.2 Å². The van der Waals surface area contributed by atoms with Gasteiger partial charge in [0.05, 0.1) is 5.52 Å². The average molecular weight is 287 g/mol. The molecule has 2 aromatic rings. The monoisotopic (exact) mass is 287 g/mol. The SMILES string of the molecule is NC(=O)C1CCCN1C(=O)CCc1nc2ncccc2[nH]1. The number of carbonyl (C=O) groups is 2. The number of imidazole rings is 1. The van der Waals surface area contributed by atoms with Crippen molar-refractivity contribution < 1.29 is 9.59 Å². The number of hydrogen-bond acceptors (Lipinski definition) is 4. The number of rotatable bonds is 4. The molecule has 3 heterocycles. The highest BCUT2D eigenvalue weighted by Gasteiger charge is 2.32. The molecule has 2 amide bonds. The van der Waals surface area contributed by atoms with Gasteiger partial charge >= 0.3 is 0 Å². The summed E-state index contributed by atoms with van der Waals surface area (Å²) >= 11 is 0. The van der Waals surface area contributed by atoms with Crippen LogP contribution in [-0.4, -0.2) is 44.3 Å². The third kappa shape index (κ3) is 2.72. The number of aromatic nitrogens is 3. The predicted molar refractivity (Wildman–Crippen MR) is 76.1 cm³/mol. The number of aryl methyl sites for hydroxylation is 1. The van der Waals surface area contributed by atoms with Gasteiger partial charge in [0.2, 0.25) is 11.8 Å². The van der Waals surface area contributed by atoms with Crippen molar-refractivity contribution in [3.8, 4) is 0 Å². The second-order valence-corrected chi connectivity index (χ2v) is 5.21. The molecule has 0 aliphatic carbocycles. The van der Waals surface area contributed by atoms with Crippen molar-refractivity contribution in [2.24, 2.45) is 5.73 Å². The summed E-state index contributed by atoms with van der Waals surface area (Å²) in [6, 6.07) is 3.27. The number of fused-ring (bicyclic) bond motifs is 1. The highest BCUT2D eigenvalue weighted by molar-refractivity contribution is 5.87. The van der Waals surface area contributed by atoms with Crippen LogP contribution >= 0.6 is 0 Å². The normalized spacial score (nSPS) is 18.3. The summed E-state index contributed by atoms with van der Waals surface area (Å²) in [6.07, 6.45) is 3.98. The second kappa shape index (κ2) is 5.51. The van der Waals surface area contributed by atoms with Gasteiger partial charge in [-0.25, -0.2) is 9.97 Å². The van der Waals surface area contributed by atoms with Gasteiger partial charge in [-0.15, -0.1) is 0 Å². The van der Waals surface area contributed by atoms with Gasteiger partial charge in [-0.05, 0) is 25.0 Å². The largest absolute Gasteiger partial charge is 0.368 e. The Labute approximate surface area is 121 Å². The molecule has 0 aromatic carbocycles. The number of nitrogens with one attached hydrogen (secondary N) is 1. The number of nitrogens with zero attached hydrogens (tertiary/aromatic N) is 3. The molecular formula is C14H17N5O2. The second-order valence-electron chi connectivity index (χ2n) is 5.21. The highest BCUT2D eigenvalue weighted by atomic mass is 16.2. The van der Waals surface area contributed by atoms with Crippen molar-refractivity contribution in [2.45, 2.75) is 31.7 Å². The number of hydrogen-bond donors (Lipinski definition) is 2. The maximum Gasteiger partial charge on any atom is 0.240 e. The quantitative estimate of drug-likeness (QED) is 0.847. The van der Waals surface area contributed by atoms with Crippen LogP contribution < -0.4 is 5.73 Å². The van der Waals surface area contributed by atoms with Gasteiger partial charge in [-0.2, -0.15) is 0 Å². The van der Waals surface area contributed by atoms with Crippen LogP contribution in [0.15, 0.2) is 18.3 Å². The fourth-order valence-electron chi connectivity index (χ4n) is 2.74. The molecule has 3 N–H and O–H groups in total. The number of amides is 2. The maximum absolute atomic E-state index is 12.2. The molecule has 0 saturated carbocycles. The first kappa shape index (κ1) is 13.5. The molecule has 1 aliphatic heterocycles. The van der Waals surface area contributed by atoms with Crippen LogP contribution in [0.3, 0.4) is 0 Å². The van der Waals surface area contributed by atoms with Gasteiger partial charge < -0.3 is 15.6 Å². The molecule has 21 heavy (non-hydrogen) atoms. The molecule has 1 fully saturated rings. The van der Waals surface area contributed by atoms with Gasteiger partial charge in [0.15, 0.2) is 5.65 Å². The van der Waals surface area contributed by atoms with E-state index in [-0.39, 0.29) is 5.91 Å². The van der Waals surface area contributed by atoms with E-state index in [9.17, 15) is 9.59 Å². The van der Waals surface area contributed by atoms with Crippen molar-refractivity contribution in [2.75, 3.05) is 6.54 Å². The number of nitrogens with two attached hydrogens (primary N) is 1. The molecule has 1 aliphatic rings. The Morgan fingerprint density at radius 3 is 3.10 bits per heavy atom. The highest BCUT2D eigenvalue weighted by Crippen LogP contribution is 2.18. The van der Waals surface area contributed by atoms with E-state index in [2.05, 4.69) is 15.0 Å². The fraction of sp³-hybridized carbons (Fsp3) is 0.429. The molecule has 7 nitrogen and oxygen atoms in total. The Hall–Kier alpha value is -2.44. The van der Waals surface area contributed by atoms with E-state index in [1.165, 1.54) is 0 Å². The van der Waals surface area contributed by atoms with E-state index >= 15 is 0 Å². The van der Waals surface area contributed by atoms with Crippen molar-refractivity contribution in [3.05, 3.63) is 24.2 Å². The number of carbonyl (C=O) groups excluding carboxylic acids is 2. The Balaban J connectivity index is 1.64. The van der Waals surface area contributed by atoms with E-state index < -0.39 is 11.9 Å². The molecule has 1 unspecified atom stereocenters. The molecule has 0 spiro atoms. The lowest BCUT2D eigenvalue weighted by molar-refractivity contribution is -0.137. The van der Waals surface area contributed by atoms with Gasteiger partial charge in [-0.1, -0.05) is 0 Å². The smallest absolute Gasteiger partial charge is 0.240 e. The zero-order chi connectivity index (χ0) is 14.8. The van der Waals surface area contributed by atoms with E-state index in [0.717, 1.165) is 17.8 Å². The van der Waals surface area contributed by atoms with Crippen LogP contribution in [0.4, 0.5) is 0 Å². The zero-order valence-electron chi connectivity index (χ0n) is 11.6. The fourth-order valence-corrected chi connectivity index (χ4v) is 2.74. The molecule has 0 radical (unpaired) electrons. The summed E-state index contributed by atoms with van der Waals surface area (Å²) in [6.45, 7) is 0.605. The van der Waals surface area contributed by atoms with Crippen LogP contribution in [0.1, 0.15) is 25.1 Å². The van der Waals surface area contributed by atoms with Gasteiger partial charge in [0.1, 0.15) is 11.9 Å². The summed E-state index contributed by atoms with van der Waals surface area (Å²) in [4.78, 5) is 36.7. The third-order valence-electron chi connectivity index (χ3n) is 3.78. The minimum Gasteiger partial charge on any atom is -0.368 e. The average Bonchev–Trinajstić information content (AvgIpc) is 3.10. The number of likely N-dealkylation sites (tertiary alicyclic amines) is 1. The molecular weight excluding hydrogens is 270 g/mol. The number of primary amides is 1. The Bertz CT molecular complexity index is 648. The predicted octanol–water partition coefficient (Wildman–Crippen LogP) is 0.367. The van der Waals surface area contributed by atoms with E-state index in [4.69, 9.17) is 5.73 Å².